The molecule has 3 aromatic rings. The van der Waals surface area contributed by atoms with Gasteiger partial charge < -0.3 is 9.64 Å². The maximum Gasteiger partial charge on any atom is 0.232 e. The van der Waals surface area contributed by atoms with Gasteiger partial charge in [0.05, 0.1) is 17.4 Å². The number of hydrogen-bond donors (Lipinski definition) is 0. The minimum atomic E-state index is -0.369. The molecule has 0 bridgehead atoms. The fourth-order valence-corrected chi connectivity index (χ4v) is 4.31. The summed E-state index contributed by atoms with van der Waals surface area (Å²) in [4.78, 5) is 14.3. The van der Waals surface area contributed by atoms with Gasteiger partial charge in [-0.1, -0.05) is 42.1 Å². The molecular formula is C22H23FN4O2S. The number of nitrogens with zero attached hydrogens (tertiary/aromatic N) is 4. The van der Waals surface area contributed by atoms with E-state index >= 15 is 0 Å². The molecule has 30 heavy (non-hydrogen) atoms. The van der Waals surface area contributed by atoms with Crippen molar-refractivity contribution in [1.29, 1.82) is 0 Å². The van der Waals surface area contributed by atoms with Crippen molar-refractivity contribution in [3.63, 3.8) is 0 Å². The number of aromatic nitrogens is 3. The predicted molar refractivity (Wildman–Crippen MR) is 114 cm³/mol. The van der Waals surface area contributed by atoms with Crippen LogP contribution in [0.3, 0.4) is 0 Å². The van der Waals surface area contributed by atoms with Crippen molar-refractivity contribution in [3.05, 3.63) is 60.4 Å². The zero-order chi connectivity index (χ0) is 20.9. The zero-order valence-electron chi connectivity index (χ0n) is 16.7. The molecule has 0 saturated carbocycles. The second-order valence-electron chi connectivity index (χ2n) is 7.15. The highest BCUT2D eigenvalue weighted by Gasteiger charge is 2.22. The van der Waals surface area contributed by atoms with Crippen LogP contribution >= 0.6 is 11.8 Å². The standard InChI is InChI=1S/C22H23FN4O2S/c1-26(14-17-10-7-13-29-17)20(28)15-30-22-25-24-21(18-11-5-6-12-19(18)23)27(22)16-8-3-2-4-9-16/h2-6,8-9,11-12,17H,7,10,13-15H2,1H3. The van der Waals surface area contributed by atoms with Gasteiger partial charge in [-0.25, -0.2) is 4.39 Å². The number of carbonyl (C=O) groups excluding carboxylic acids is 1. The van der Waals surface area contributed by atoms with E-state index in [1.165, 1.54) is 17.8 Å². The summed E-state index contributed by atoms with van der Waals surface area (Å²) in [5.74, 6) is 0.240. The van der Waals surface area contributed by atoms with Gasteiger partial charge in [0.2, 0.25) is 5.91 Å². The van der Waals surface area contributed by atoms with E-state index in [4.69, 9.17) is 4.74 Å². The lowest BCUT2D eigenvalue weighted by Gasteiger charge is -2.20. The first kappa shape index (κ1) is 20.6. The SMILES string of the molecule is CN(CC1CCCO1)C(=O)CSc1nnc(-c2ccccc2F)n1-c1ccccc1. The van der Waals surface area contributed by atoms with Gasteiger partial charge in [-0.05, 0) is 37.1 Å². The van der Waals surface area contributed by atoms with E-state index in [1.54, 1.807) is 34.7 Å². The first-order valence-corrected chi connectivity index (χ1v) is 10.9. The third kappa shape index (κ3) is 4.55. The van der Waals surface area contributed by atoms with Crippen LogP contribution in [0.1, 0.15) is 12.8 Å². The molecule has 6 nitrogen and oxygen atoms in total. The molecule has 0 spiro atoms. The van der Waals surface area contributed by atoms with Gasteiger partial charge in [0.1, 0.15) is 5.82 Å². The lowest BCUT2D eigenvalue weighted by atomic mass is 10.2. The number of ether oxygens (including phenoxy) is 1. The highest BCUT2D eigenvalue weighted by molar-refractivity contribution is 7.99. The van der Waals surface area contributed by atoms with Crippen molar-refractivity contribution >= 4 is 17.7 Å². The number of para-hydroxylation sites is 1. The minimum absolute atomic E-state index is 0.00875. The normalized spacial score (nSPS) is 16.0. The first-order chi connectivity index (χ1) is 14.6. The average molecular weight is 427 g/mol. The van der Waals surface area contributed by atoms with Crippen LogP contribution in [0, 0.1) is 5.82 Å². The lowest BCUT2D eigenvalue weighted by Crippen LogP contribution is -2.35. The fraction of sp³-hybridized carbons (Fsp3) is 0.318. The number of likely N-dealkylation sites (N-methyl/N-ethyl adjacent to an activating group) is 1. The molecular weight excluding hydrogens is 403 g/mol. The summed E-state index contributed by atoms with van der Waals surface area (Å²) in [6.45, 7) is 1.35. The Morgan fingerprint density at radius 1 is 1.20 bits per heavy atom. The number of amides is 1. The first-order valence-electron chi connectivity index (χ1n) is 9.87. The number of thioether (sulfide) groups is 1. The Kier molecular flexibility index (Phi) is 6.44. The van der Waals surface area contributed by atoms with Crippen molar-refractivity contribution < 1.29 is 13.9 Å². The number of hydrogen-bond acceptors (Lipinski definition) is 5. The van der Waals surface area contributed by atoms with Crippen LogP contribution < -0.4 is 0 Å². The molecule has 2 aromatic carbocycles. The monoisotopic (exact) mass is 426 g/mol. The highest BCUT2D eigenvalue weighted by atomic mass is 32.2. The van der Waals surface area contributed by atoms with E-state index in [0.29, 0.717) is 23.1 Å². The average Bonchev–Trinajstić information content (AvgIpc) is 3.43. The van der Waals surface area contributed by atoms with Gasteiger partial charge in [0.25, 0.3) is 0 Å². The summed E-state index contributed by atoms with van der Waals surface area (Å²) in [7, 11) is 1.79. The van der Waals surface area contributed by atoms with Gasteiger partial charge in [0.15, 0.2) is 11.0 Å². The molecule has 0 N–H and O–H groups in total. The second-order valence-corrected chi connectivity index (χ2v) is 8.10. The maximum atomic E-state index is 14.4. The molecule has 1 fully saturated rings. The van der Waals surface area contributed by atoms with Crippen molar-refractivity contribution in [2.45, 2.75) is 24.1 Å². The van der Waals surface area contributed by atoms with Crippen molar-refractivity contribution in [1.82, 2.24) is 19.7 Å². The van der Waals surface area contributed by atoms with E-state index in [0.717, 1.165) is 25.1 Å². The predicted octanol–water partition coefficient (Wildman–Crippen LogP) is 3.80. The molecule has 4 rings (SSSR count). The van der Waals surface area contributed by atoms with Gasteiger partial charge in [-0.2, -0.15) is 0 Å². The van der Waals surface area contributed by atoms with E-state index in [2.05, 4.69) is 10.2 Å². The van der Waals surface area contributed by atoms with Gasteiger partial charge >= 0.3 is 0 Å². The Hall–Kier alpha value is -2.71. The Balaban J connectivity index is 1.56. The zero-order valence-corrected chi connectivity index (χ0v) is 17.5. The van der Waals surface area contributed by atoms with E-state index in [-0.39, 0.29) is 23.6 Å². The minimum Gasteiger partial charge on any atom is -0.376 e. The van der Waals surface area contributed by atoms with Gasteiger partial charge in [-0.3, -0.25) is 9.36 Å². The molecule has 1 unspecified atom stereocenters. The largest absolute Gasteiger partial charge is 0.376 e. The van der Waals surface area contributed by atoms with E-state index in [1.807, 2.05) is 30.3 Å². The van der Waals surface area contributed by atoms with Gasteiger partial charge in [0, 0.05) is 25.9 Å². The molecule has 156 valence electrons. The molecule has 0 aliphatic carbocycles. The summed E-state index contributed by atoms with van der Waals surface area (Å²) in [5.41, 5.74) is 1.17. The highest BCUT2D eigenvalue weighted by Crippen LogP contribution is 2.29. The van der Waals surface area contributed by atoms with Crippen LogP contribution in [0.25, 0.3) is 17.1 Å². The third-order valence-corrected chi connectivity index (χ3v) is 5.93. The molecule has 1 aliphatic heterocycles. The Morgan fingerprint density at radius 3 is 2.70 bits per heavy atom. The summed E-state index contributed by atoms with van der Waals surface area (Å²) in [6, 6.07) is 16.0. The van der Waals surface area contributed by atoms with Gasteiger partial charge in [-0.15, -0.1) is 10.2 Å². The molecule has 1 atom stereocenters. The summed E-state index contributed by atoms with van der Waals surface area (Å²) < 4.78 is 21.8. The number of halogens is 1. The number of rotatable bonds is 7. The van der Waals surface area contributed by atoms with E-state index in [9.17, 15) is 9.18 Å². The molecule has 2 heterocycles. The third-order valence-electron chi connectivity index (χ3n) is 5.01. The molecule has 0 radical (unpaired) electrons. The number of benzene rings is 2. The molecule has 1 aromatic heterocycles. The van der Waals surface area contributed by atoms with Crippen LogP contribution in [0.15, 0.2) is 59.8 Å². The van der Waals surface area contributed by atoms with Crippen molar-refractivity contribution in [3.8, 4) is 17.1 Å². The summed E-state index contributed by atoms with van der Waals surface area (Å²) in [6.07, 6.45) is 2.14. The quantitative estimate of drug-likeness (QED) is 0.538. The maximum absolute atomic E-state index is 14.4. The molecule has 8 heteroatoms. The van der Waals surface area contributed by atoms with Crippen LogP contribution in [0.5, 0.6) is 0 Å². The van der Waals surface area contributed by atoms with Crippen LogP contribution in [0.2, 0.25) is 0 Å². The Labute approximate surface area is 179 Å². The smallest absolute Gasteiger partial charge is 0.232 e. The van der Waals surface area contributed by atoms with Crippen LogP contribution in [0.4, 0.5) is 4.39 Å². The molecule has 1 amide bonds. The Morgan fingerprint density at radius 2 is 1.97 bits per heavy atom. The lowest BCUT2D eigenvalue weighted by molar-refractivity contribution is -0.128. The number of carbonyl (C=O) groups is 1. The van der Waals surface area contributed by atoms with Crippen LogP contribution in [-0.2, 0) is 9.53 Å². The molecule has 1 saturated heterocycles. The fourth-order valence-electron chi connectivity index (χ4n) is 3.42. The topological polar surface area (TPSA) is 60.2 Å². The van der Waals surface area contributed by atoms with Crippen molar-refractivity contribution in [2.24, 2.45) is 0 Å². The molecule has 1 aliphatic rings. The second kappa shape index (κ2) is 9.40. The summed E-state index contributed by atoms with van der Waals surface area (Å²) in [5, 5.41) is 9.04. The van der Waals surface area contributed by atoms with Crippen LogP contribution in [-0.4, -0.2) is 57.6 Å². The Bertz CT molecular complexity index is 1010. The summed E-state index contributed by atoms with van der Waals surface area (Å²) >= 11 is 1.29. The van der Waals surface area contributed by atoms with Crippen molar-refractivity contribution in [2.75, 3.05) is 26.0 Å². The van der Waals surface area contributed by atoms with E-state index < -0.39 is 0 Å².